The van der Waals surface area contributed by atoms with Crippen LogP contribution >= 0.6 is 0 Å². The first kappa shape index (κ1) is 17.8. The van der Waals surface area contributed by atoms with E-state index in [9.17, 15) is 5.11 Å². The lowest BCUT2D eigenvalue weighted by Gasteiger charge is -2.26. The van der Waals surface area contributed by atoms with Crippen molar-refractivity contribution in [2.24, 2.45) is 11.3 Å². The summed E-state index contributed by atoms with van der Waals surface area (Å²) in [4.78, 5) is 0. The van der Waals surface area contributed by atoms with Gasteiger partial charge in [-0.2, -0.15) is 0 Å². The maximum atomic E-state index is 10.5. The number of aliphatic hydroxyl groups excluding tert-OH is 1. The van der Waals surface area contributed by atoms with E-state index in [1.165, 1.54) is 0 Å². The minimum absolute atomic E-state index is 0.0347. The fraction of sp³-hybridized carbons (Fsp3) is 0.455. The topological polar surface area (TPSA) is 42.0 Å². The van der Waals surface area contributed by atoms with Crippen LogP contribution in [0.3, 0.4) is 0 Å². The van der Waals surface area contributed by atoms with Gasteiger partial charge in [0.1, 0.15) is 12.7 Å². The van der Waals surface area contributed by atoms with E-state index in [4.69, 9.17) is 9.47 Å². The van der Waals surface area contributed by atoms with E-state index in [0.29, 0.717) is 19.4 Å². The van der Waals surface area contributed by atoms with Crippen molar-refractivity contribution in [3.8, 4) is 11.8 Å². The molecule has 1 aromatic rings. The van der Waals surface area contributed by atoms with Gasteiger partial charge in [-0.1, -0.05) is 54.3 Å². The molecule has 25 heavy (non-hydrogen) atoms. The monoisotopic (exact) mass is 338 g/mol. The highest BCUT2D eigenvalue weighted by Gasteiger charge is 2.38. The highest BCUT2D eigenvalue weighted by atomic mass is 16.6. The van der Waals surface area contributed by atoms with Gasteiger partial charge in [-0.05, 0) is 31.9 Å². The second-order valence-electron chi connectivity index (χ2n) is 7.38. The Morgan fingerprint density at radius 1 is 1.36 bits per heavy atom. The lowest BCUT2D eigenvalue weighted by molar-refractivity contribution is 0.156. The minimum atomic E-state index is -0.697. The van der Waals surface area contributed by atoms with E-state index in [-0.39, 0.29) is 17.4 Å². The quantitative estimate of drug-likeness (QED) is 0.504. The molecule has 0 aromatic heterocycles. The van der Waals surface area contributed by atoms with Crippen LogP contribution in [0.25, 0.3) is 0 Å². The Labute approximate surface area is 150 Å². The zero-order chi connectivity index (χ0) is 17.9. The molecule has 1 N–H and O–H groups in total. The average molecular weight is 338 g/mol. The molecule has 1 fully saturated rings. The fourth-order valence-corrected chi connectivity index (χ4v) is 2.97. The molecule has 3 rings (SSSR count). The Kier molecular flexibility index (Phi) is 5.32. The molecule has 3 nitrogen and oxygen atoms in total. The number of hydrogen-bond donors (Lipinski definition) is 1. The summed E-state index contributed by atoms with van der Waals surface area (Å²) in [5.41, 5.74) is 1.91. The first-order valence-corrected chi connectivity index (χ1v) is 8.81. The van der Waals surface area contributed by atoms with Crippen molar-refractivity contribution in [3.05, 3.63) is 59.9 Å². The second kappa shape index (κ2) is 7.47. The van der Waals surface area contributed by atoms with Crippen LogP contribution in [0.1, 0.15) is 32.3 Å². The zero-order valence-electron chi connectivity index (χ0n) is 15.0. The van der Waals surface area contributed by atoms with Crippen molar-refractivity contribution >= 4 is 0 Å². The third-order valence-corrected chi connectivity index (χ3v) is 4.85. The molecule has 3 unspecified atom stereocenters. The molecule has 1 heterocycles. The number of benzene rings is 1. The van der Waals surface area contributed by atoms with Crippen molar-refractivity contribution < 1.29 is 14.6 Å². The molecule has 1 aliphatic carbocycles. The van der Waals surface area contributed by atoms with Crippen molar-refractivity contribution in [1.82, 2.24) is 0 Å². The predicted molar refractivity (Wildman–Crippen MR) is 98.5 cm³/mol. The molecule has 0 spiro atoms. The third kappa shape index (κ3) is 4.75. The predicted octanol–water partition coefficient (Wildman–Crippen LogP) is 3.84. The molecule has 3 heteroatoms. The van der Waals surface area contributed by atoms with Crippen LogP contribution in [-0.4, -0.2) is 23.9 Å². The number of rotatable bonds is 5. The minimum Gasteiger partial charge on any atom is -0.493 e. The van der Waals surface area contributed by atoms with Crippen LogP contribution in [0.4, 0.5) is 0 Å². The van der Waals surface area contributed by atoms with Gasteiger partial charge in [-0.25, -0.2) is 0 Å². The summed E-state index contributed by atoms with van der Waals surface area (Å²) in [7, 11) is 0. The number of allylic oxidation sites excluding steroid dienone is 2. The molecule has 0 bridgehead atoms. The average Bonchev–Trinajstić information content (AvgIpc) is 3.45. The van der Waals surface area contributed by atoms with Crippen LogP contribution < -0.4 is 0 Å². The maximum Gasteiger partial charge on any atom is 0.121 e. The smallest absolute Gasteiger partial charge is 0.121 e. The lowest BCUT2D eigenvalue weighted by Crippen LogP contribution is -2.24. The highest BCUT2D eigenvalue weighted by molar-refractivity contribution is 5.25. The molecule has 0 radical (unpaired) electrons. The van der Waals surface area contributed by atoms with E-state index in [2.05, 4.69) is 38.3 Å². The van der Waals surface area contributed by atoms with Gasteiger partial charge in [0.15, 0.2) is 0 Å². The van der Waals surface area contributed by atoms with Gasteiger partial charge in [0.05, 0.1) is 23.9 Å². The summed E-state index contributed by atoms with van der Waals surface area (Å²) in [6.07, 6.45) is 2.92. The van der Waals surface area contributed by atoms with Gasteiger partial charge in [-0.3, -0.25) is 0 Å². The van der Waals surface area contributed by atoms with Gasteiger partial charge >= 0.3 is 0 Å². The van der Waals surface area contributed by atoms with Gasteiger partial charge < -0.3 is 14.6 Å². The van der Waals surface area contributed by atoms with Crippen molar-refractivity contribution in [2.45, 2.75) is 45.5 Å². The van der Waals surface area contributed by atoms with Crippen LogP contribution in [-0.2, 0) is 16.1 Å². The highest BCUT2D eigenvalue weighted by Crippen LogP contribution is 2.33. The van der Waals surface area contributed by atoms with Crippen LogP contribution in [0.2, 0.25) is 0 Å². The molecule has 132 valence electrons. The molecule has 1 aromatic carbocycles. The van der Waals surface area contributed by atoms with Crippen LogP contribution in [0, 0.1) is 23.2 Å². The SMILES string of the molecule is C=C1CC(OCc2ccccc2)=CCC1C(O)C#CC(C)(C)C1CO1. The van der Waals surface area contributed by atoms with E-state index < -0.39 is 6.10 Å². The number of ether oxygens (including phenoxy) is 2. The summed E-state index contributed by atoms with van der Waals surface area (Å²) in [5.74, 6) is 7.08. The Morgan fingerprint density at radius 3 is 2.72 bits per heavy atom. The maximum absolute atomic E-state index is 10.5. The Balaban J connectivity index is 1.56. The van der Waals surface area contributed by atoms with E-state index >= 15 is 0 Å². The van der Waals surface area contributed by atoms with Crippen molar-refractivity contribution in [3.63, 3.8) is 0 Å². The Bertz CT molecular complexity index is 702. The van der Waals surface area contributed by atoms with Gasteiger partial charge in [-0.15, -0.1) is 0 Å². The standard InChI is InChI=1S/C22H26O3/c1-16-13-18(24-14-17-7-5-4-6-8-17)9-10-19(16)20(23)11-12-22(2,3)21-15-25-21/h4-9,19-21,23H,1,10,13-15H2,2-3H3. The van der Waals surface area contributed by atoms with Crippen molar-refractivity contribution in [2.75, 3.05) is 6.61 Å². The van der Waals surface area contributed by atoms with Gasteiger partial charge in [0.25, 0.3) is 0 Å². The van der Waals surface area contributed by atoms with Crippen LogP contribution in [0.15, 0.2) is 54.3 Å². The van der Waals surface area contributed by atoms with E-state index in [1.807, 2.05) is 30.3 Å². The largest absolute Gasteiger partial charge is 0.493 e. The summed E-state index contributed by atoms with van der Waals surface area (Å²) in [6.45, 7) is 9.56. The molecule has 2 aliphatic rings. The van der Waals surface area contributed by atoms with Gasteiger partial charge in [0, 0.05) is 12.3 Å². The molecular weight excluding hydrogens is 312 g/mol. The number of hydrogen-bond acceptors (Lipinski definition) is 3. The fourth-order valence-electron chi connectivity index (χ4n) is 2.97. The third-order valence-electron chi connectivity index (χ3n) is 4.85. The van der Waals surface area contributed by atoms with Crippen LogP contribution in [0.5, 0.6) is 0 Å². The normalized spacial score (nSPS) is 24.0. The molecular formula is C22H26O3. The Morgan fingerprint density at radius 2 is 2.08 bits per heavy atom. The number of aliphatic hydroxyl groups is 1. The van der Waals surface area contributed by atoms with Gasteiger partial charge in [0.2, 0.25) is 0 Å². The first-order valence-electron chi connectivity index (χ1n) is 8.81. The lowest BCUT2D eigenvalue weighted by atomic mass is 9.83. The van der Waals surface area contributed by atoms with Crippen molar-refractivity contribution in [1.29, 1.82) is 0 Å². The molecule has 0 saturated carbocycles. The second-order valence-corrected chi connectivity index (χ2v) is 7.38. The van der Waals surface area contributed by atoms with E-state index in [0.717, 1.165) is 23.5 Å². The zero-order valence-corrected chi connectivity index (χ0v) is 15.0. The first-order chi connectivity index (χ1) is 12.0. The summed E-state index contributed by atoms with van der Waals surface area (Å²) >= 11 is 0. The number of epoxide rings is 1. The Hall–Kier alpha value is -2.02. The molecule has 1 aliphatic heterocycles. The van der Waals surface area contributed by atoms with E-state index in [1.54, 1.807) is 0 Å². The summed E-state index contributed by atoms with van der Waals surface area (Å²) in [6, 6.07) is 10.1. The molecule has 1 saturated heterocycles. The molecule has 3 atom stereocenters. The summed E-state index contributed by atoms with van der Waals surface area (Å²) < 4.78 is 11.2. The summed E-state index contributed by atoms with van der Waals surface area (Å²) in [5, 5.41) is 10.5. The molecule has 0 amide bonds.